The maximum Gasteiger partial charge on any atom is 0.238 e. The summed E-state index contributed by atoms with van der Waals surface area (Å²) in [6, 6.07) is 4.69. The Morgan fingerprint density at radius 1 is 1.32 bits per heavy atom. The van der Waals surface area contributed by atoms with E-state index in [0.717, 1.165) is 25.2 Å². The second kappa shape index (κ2) is 5.90. The van der Waals surface area contributed by atoms with Gasteiger partial charge in [0.15, 0.2) is 0 Å². The smallest absolute Gasteiger partial charge is 0.238 e. The average molecular weight is 284 g/mol. The maximum atomic E-state index is 11.2. The van der Waals surface area contributed by atoms with Crippen LogP contribution in [0.2, 0.25) is 0 Å². The molecule has 0 spiro atoms. The van der Waals surface area contributed by atoms with Gasteiger partial charge in [0.05, 0.1) is 4.90 Å². The highest BCUT2D eigenvalue weighted by atomic mass is 32.2. The molecule has 1 aliphatic rings. The Bertz CT molecular complexity index is 537. The predicted molar refractivity (Wildman–Crippen MR) is 73.7 cm³/mol. The summed E-state index contributed by atoms with van der Waals surface area (Å²) in [5.74, 6) is 0.714. The van der Waals surface area contributed by atoms with Crippen LogP contribution in [-0.4, -0.2) is 39.6 Å². The van der Waals surface area contributed by atoms with E-state index >= 15 is 0 Å². The number of hydrogen-bond donors (Lipinski definition) is 1. The van der Waals surface area contributed by atoms with Crippen molar-refractivity contribution < 1.29 is 13.2 Å². The van der Waals surface area contributed by atoms with Gasteiger partial charge in [0.1, 0.15) is 12.4 Å². The Labute approximate surface area is 114 Å². The van der Waals surface area contributed by atoms with Crippen LogP contribution < -0.4 is 9.88 Å². The number of primary sulfonamides is 1. The van der Waals surface area contributed by atoms with Gasteiger partial charge in [-0.05, 0) is 56.6 Å². The summed E-state index contributed by atoms with van der Waals surface area (Å²) in [6.07, 6.45) is 2.53. The number of ether oxygens (including phenoxy) is 1. The monoisotopic (exact) mass is 284 g/mol. The van der Waals surface area contributed by atoms with E-state index in [1.165, 1.54) is 18.9 Å². The maximum absolute atomic E-state index is 11.2. The van der Waals surface area contributed by atoms with Crippen LogP contribution in [0, 0.1) is 6.92 Å². The molecule has 1 fully saturated rings. The number of likely N-dealkylation sites (tertiary alicyclic amines) is 1. The molecule has 5 nitrogen and oxygen atoms in total. The van der Waals surface area contributed by atoms with E-state index in [4.69, 9.17) is 9.88 Å². The third-order valence-electron chi connectivity index (χ3n) is 3.34. The number of rotatable bonds is 5. The van der Waals surface area contributed by atoms with Crippen molar-refractivity contribution in [2.45, 2.75) is 24.7 Å². The second-order valence-corrected chi connectivity index (χ2v) is 6.43. The molecule has 1 saturated heterocycles. The first kappa shape index (κ1) is 14.3. The number of sulfonamides is 1. The molecular weight excluding hydrogens is 264 g/mol. The lowest BCUT2D eigenvalue weighted by molar-refractivity contribution is 0.236. The van der Waals surface area contributed by atoms with Gasteiger partial charge in [0, 0.05) is 6.54 Å². The van der Waals surface area contributed by atoms with E-state index < -0.39 is 10.0 Å². The van der Waals surface area contributed by atoms with Crippen LogP contribution in [0.3, 0.4) is 0 Å². The van der Waals surface area contributed by atoms with E-state index in [1.807, 2.05) is 6.92 Å². The fourth-order valence-corrected chi connectivity index (χ4v) is 2.85. The molecule has 19 heavy (non-hydrogen) atoms. The van der Waals surface area contributed by atoms with Gasteiger partial charge in [-0.1, -0.05) is 0 Å². The first-order valence-corrected chi connectivity index (χ1v) is 8.00. The second-order valence-electron chi connectivity index (χ2n) is 4.87. The molecule has 106 valence electrons. The molecule has 1 heterocycles. The molecule has 0 amide bonds. The van der Waals surface area contributed by atoms with Gasteiger partial charge in [-0.3, -0.25) is 4.90 Å². The Morgan fingerprint density at radius 2 is 2.00 bits per heavy atom. The third kappa shape index (κ3) is 3.92. The standard InChI is InChI=1S/C13H20N2O3S/c1-11-10-12(19(14,16)17)4-5-13(11)18-9-8-15-6-2-3-7-15/h4-5,10H,2-3,6-9H2,1H3,(H2,14,16,17). The molecule has 2 N–H and O–H groups in total. The minimum atomic E-state index is -3.64. The van der Waals surface area contributed by atoms with Crippen molar-refractivity contribution in [3.63, 3.8) is 0 Å². The number of nitrogens with two attached hydrogens (primary N) is 1. The molecule has 0 aliphatic carbocycles. The summed E-state index contributed by atoms with van der Waals surface area (Å²) < 4.78 is 28.1. The predicted octanol–water partition coefficient (Wildman–Crippen LogP) is 1.12. The normalized spacial score (nSPS) is 16.7. The fraction of sp³-hybridized carbons (Fsp3) is 0.538. The summed E-state index contributed by atoms with van der Waals surface area (Å²) in [5.41, 5.74) is 0.785. The van der Waals surface area contributed by atoms with E-state index in [2.05, 4.69) is 4.90 Å². The van der Waals surface area contributed by atoms with E-state index in [9.17, 15) is 8.42 Å². The highest BCUT2D eigenvalue weighted by Crippen LogP contribution is 2.21. The molecule has 2 rings (SSSR count). The van der Waals surface area contributed by atoms with Crippen molar-refractivity contribution >= 4 is 10.0 Å². The van der Waals surface area contributed by atoms with Gasteiger partial charge < -0.3 is 4.74 Å². The topological polar surface area (TPSA) is 72.6 Å². The largest absolute Gasteiger partial charge is 0.492 e. The quantitative estimate of drug-likeness (QED) is 0.879. The lowest BCUT2D eigenvalue weighted by Crippen LogP contribution is -2.25. The Balaban J connectivity index is 1.93. The van der Waals surface area contributed by atoms with Crippen LogP contribution in [0.1, 0.15) is 18.4 Å². The molecule has 0 saturated carbocycles. The molecule has 0 unspecified atom stereocenters. The summed E-state index contributed by atoms with van der Waals surface area (Å²) in [7, 11) is -3.64. The zero-order valence-electron chi connectivity index (χ0n) is 11.1. The molecular formula is C13H20N2O3S. The van der Waals surface area contributed by atoms with Crippen molar-refractivity contribution in [2.24, 2.45) is 5.14 Å². The fourth-order valence-electron chi connectivity index (χ4n) is 2.25. The van der Waals surface area contributed by atoms with Crippen LogP contribution in [0.25, 0.3) is 0 Å². The summed E-state index contributed by atoms with van der Waals surface area (Å²) >= 11 is 0. The summed E-state index contributed by atoms with van der Waals surface area (Å²) in [6.45, 7) is 5.64. The van der Waals surface area contributed by atoms with Gasteiger partial charge in [0.25, 0.3) is 0 Å². The number of benzene rings is 1. The minimum absolute atomic E-state index is 0.122. The molecule has 0 bridgehead atoms. The van der Waals surface area contributed by atoms with Crippen LogP contribution in [0.15, 0.2) is 23.1 Å². The molecule has 0 aromatic heterocycles. The number of hydrogen-bond acceptors (Lipinski definition) is 4. The average Bonchev–Trinajstić information content (AvgIpc) is 2.83. The number of aryl methyl sites for hydroxylation is 1. The first-order chi connectivity index (χ1) is 8.97. The van der Waals surface area contributed by atoms with Crippen LogP contribution in [-0.2, 0) is 10.0 Å². The van der Waals surface area contributed by atoms with Gasteiger partial charge in [-0.2, -0.15) is 0 Å². The highest BCUT2D eigenvalue weighted by molar-refractivity contribution is 7.89. The molecule has 1 aliphatic heterocycles. The zero-order valence-corrected chi connectivity index (χ0v) is 11.9. The SMILES string of the molecule is Cc1cc(S(N)(=O)=O)ccc1OCCN1CCCC1. The van der Waals surface area contributed by atoms with Crippen molar-refractivity contribution in [3.05, 3.63) is 23.8 Å². The first-order valence-electron chi connectivity index (χ1n) is 6.45. The van der Waals surface area contributed by atoms with E-state index in [1.54, 1.807) is 12.1 Å². The minimum Gasteiger partial charge on any atom is -0.492 e. The molecule has 1 aromatic rings. The van der Waals surface area contributed by atoms with Crippen LogP contribution >= 0.6 is 0 Å². The molecule has 0 radical (unpaired) electrons. The van der Waals surface area contributed by atoms with Crippen LogP contribution in [0.4, 0.5) is 0 Å². The van der Waals surface area contributed by atoms with Crippen LogP contribution in [0.5, 0.6) is 5.75 Å². The third-order valence-corrected chi connectivity index (χ3v) is 4.25. The van der Waals surface area contributed by atoms with Crippen molar-refractivity contribution in [3.8, 4) is 5.75 Å². The van der Waals surface area contributed by atoms with Crippen molar-refractivity contribution in [1.29, 1.82) is 0 Å². The molecule has 0 atom stereocenters. The Kier molecular flexibility index (Phi) is 4.44. The van der Waals surface area contributed by atoms with Gasteiger partial charge in [-0.25, -0.2) is 13.6 Å². The van der Waals surface area contributed by atoms with Crippen molar-refractivity contribution in [1.82, 2.24) is 4.90 Å². The molecule has 1 aromatic carbocycles. The summed E-state index contributed by atoms with van der Waals surface area (Å²) in [5, 5.41) is 5.08. The van der Waals surface area contributed by atoms with Gasteiger partial charge >= 0.3 is 0 Å². The van der Waals surface area contributed by atoms with Crippen molar-refractivity contribution in [2.75, 3.05) is 26.2 Å². The Morgan fingerprint density at radius 3 is 2.58 bits per heavy atom. The van der Waals surface area contributed by atoms with E-state index in [0.29, 0.717) is 12.4 Å². The number of nitrogens with zero attached hydrogens (tertiary/aromatic N) is 1. The summed E-state index contributed by atoms with van der Waals surface area (Å²) in [4.78, 5) is 2.49. The lowest BCUT2D eigenvalue weighted by atomic mass is 10.2. The van der Waals surface area contributed by atoms with Gasteiger partial charge in [-0.15, -0.1) is 0 Å². The highest BCUT2D eigenvalue weighted by Gasteiger charge is 2.12. The van der Waals surface area contributed by atoms with E-state index in [-0.39, 0.29) is 4.90 Å². The zero-order chi connectivity index (χ0) is 13.9. The molecule has 6 heteroatoms. The Hall–Kier alpha value is -1.11. The lowest BCUT2D eigenvalue weighted by Gasteiger charge is -2.16. The van der Waals surface area contributed by atoms with Gasteiger partial charge in [0.2, 0.25) is 10.0 Å².